The van der Waals surface area contributed by atoms with E-state index in [1.54, 1.807) is 0 Å². The zero-order chi connectivity index (χ0) is 14.0. The van der Waals surface area contributed by atoms with Crippen LogP contribution in [0, 0.1) is 6.92 Å². The lowest BCUT2D eigenvalue weighted by Crippen LogP contribution is -2.06. The predicted octanol–water partition coefficient (Wildman–Crippen LogP) is 3.56. The summed E-state index contributed by atoms with van der Waals surface area (Å²) in [6.45, 7) is 1.84. The molecule has 3 nitrogen and oxygen atoms in total. The summed E-state index contributed by atoms with van der Waals surface area (Å²) in [5.41, 5.74) is 1.52. The lowest BCUT2D eigenvalue weighted by atomic mass is 10.2. The number of rotatable bonds is 3. The normalized spacial score (nSPS) is 12.5. The summed E-state index contributed by atoms with van der Waals surface area (Å²) in [6.07, 6.45) is -3.52. The van der Waals surface area contributed by atoms with Gasteiger partial charge >= 0.3 is 6.18 Å². The van der Waals surface area contributed by atoms with E-state index in [-0.39, 0.29) is 0 Å². The summed E-state index contributed by atoms with van der Waals surface area (Å²) < 4.78 is 37.4. The van der Waals surface area contributed by atoms with Crippen LogP contribution in [0.1, 0.15) is 17.0 Å². The van der Waals surface area contributed by atoms with Crippen molar-refractivity contribution < 1.29 is 13.2 Å². The summed E-state index contributed by atoms with van der Waals surface area (Å²) in [5, 5.41) is 8.49. The van der Waals surface area contributed by atoms with Gasteiger partial charge in [-0.3, -0.25) is 0 Å². The molecule has 0 fully saturated rings. The molecule has 0 aliphatic rings. The van der Waals surface area contributed by atoms with Gasteiger partial charge in [0.05, 0.1) is 22.6 Å². The van der Waals surface area contributed by atoms with E-state index in [1.165, 1.54) is 16.9 Å². The number of aryl methyl sites for hydroxylation is 1. The van der Waals surface area contributed by atoms with Crippen molar-refractivity contribution in [1.82, 2.24) is 15.0 Å². The zero-order valence-electron chi connectivity index (χ0n) is 10.1. The highest BCUT2D eigenvalue weighted by molar-refractivity contribution is 8.02. The monoisotopic (exact) mass is 305 g/mol. The number of alkyl halides is 3. The Morgan fingerprint density at radius 1 is 1.21 bits per heavy atom. The van der Waals surface area contributed by atoms with E-state index in [9.17, 15) is 13.2 Å². The van der Waals surface area contributed by atoms with Crippen molar-refractivity contribution in [3.63, 3.8) is 0 Å². The summed E-state index contributed by atoms with van der Waals surface area (Å²) >= 11 is 0. The summed E-state index contributed by atoms with van der Waals surface area (Å²) in [5.74, 6) is 0. The van der Waals surface area contributed by atoms with Crippen molar-refractivity contribution in [1.29, 1.82) is 0 Å². The molecule has 19 heavy (non-hydrogen) atoms. The zero-order valence-corrected chi connectivity index (χ0v) is 12.2. The van der Waals surface area contributed by atoms with Crippen molar-refractivity contribution >= 4 is 17.2 Å². The van der Waals surface area contributed by atoms with Crippen LogP contribution in [0.2, 0.25) is 0 Å². The second-order valence-electron chi connectivity index (χ2n) is 3.95. The minimum absolute atomic E-state index is 0.523. The first-order valence-electron chi connectivity index (χ1n) is 5.45. The largest absolute Gasteiger partial charge is 0.416 e. The maximum Gasteiger partial charge on any atom is 0.416 e. The molecule has 1 aromatic carbocycles. The third kappa shape index (κ3) is 3.31. The van der Waals surface area contributed by atoms with Crippen LogP contribution in [-0.2, 0) is 12.3 Å². The van der Waals surface area contributed by atoms with Crippen molar-refractivity contribution in [3.05, 3.63) is 41.2 Å². The molecule has 1 aromatic heterocycles. The number of aromatic nitrogens is 3. The standard InChI is InChI=1S/C11H12F3N3P2/c1-7-10(6-19-18)16-17(15-7)9-4-2-8(3-5-9)11(12,13)14/h2-5,19H,6,18H2,1H3. The van der Waals surface area contributed by atoms with Crippen LogP contribution in [0.3, 0.4) is 0 Å². The Labute approximate surface area is 112 Å². The first-order chi connectivity index (χ1) is 8.91. The van der Waals surface area contributed by atoms with Gasteiger partial charge in [0.25, 0.3) is 0 Å². The molecule has 0 spiro atoms. The Kier molecular flexibility index (Phi) is 4.22. The Balaban J connectivity index is 2.30. The lowest BCUT2D eigenvalue weighted by molar-refractivity contribution is -0.137. The molecule has 0 aliphatic heterocycles. The van der Waals surface area contributed by atoms with Crippen LogP contribution in [0.5, 0.6) is 0 Å². The van der Waals surface area contributed by atoms with Crippen molar-refractivity contribution in [2.45, 2.75) is 19.3 Å². The van der Waals surface area contributed by atoms with Gasteiger partial charge in [0, 0.05) is 6.16 Å². The summed E-state index contributed by atoms with van der Waals surface area (Å²) in [4.78, 5) is 1.37. The highest BCUT2D eigenvalue weighted by Crippen LogP contribution is 2.30. The summed E-state index contributed by atoms with van der Waals surface area (Å²) in [7, 11) is 3.28. The van der Waals surface area contributed by atoms with Gasteiger partial charge in [0.15, 0.2) is 0 Å². The SMILES string of the molecule is Cc1nn(-c2ccc(C(F)(F)F)cc2)nc1CPP. The molecule has 102 valence electrons. The summed E-state index contributed by atoms with van der Waals surface area (Å²) in [6, 6.07) is 4.81. The molecule has 0 radical (unpaired) electrons. The number of benzene rings is 1. The van der Waals surface area contributed by atoms with Gasteiger partial charge in [-0.1, -0.05) is 8.27 Å². The highest BCUT2D eigenvalue weighted by Gasteiger charge is 2.30. The Morgan fingerprint density at radius 2 is 1.84 bits per heavy atom. The number of hydrogen-bond acceptors (Lipinski definition) is 2. The highest BCUT2D eigenvalue weighted by atomic mass is 32.0. The number of nitrogens with zero attached hydrogens (tertiary/aromatic N) is 3. The van der Waals surface area contributed by atoms with Gasteiger partial charge in [-0.05, 0) is 31.2 Å². The first-order valence-corrected chi connectivity index (χ1v) is 8.47. The van der Waals surface area contributed by atoms with Crippen LogP contribution >= 0.6 is 17.2 Å². The van der Waals surface area contributed by atoms with Gasteiger partial charge in [-0.25, -0.2) is 0 Å². The minimum Gasteiger partial charge on any atom is -0.166 e. The maximum absolute atomic E-state index is 12.5. The maximum atomic E-state index is 12.5. The molecule has 2 aromatic rings. The molecule has 2 atom stereocenters. The first kappa shape index (κ1) is 14.4. The smallest absolute Gasteiger partial charge is 0.166 e. The number of hydrogen-bond donors (Lipinski definition) is 0. The fourth-order valence-electron chi connectivity index (χ4n) is 1.57. The van der Waals surface area contributed by atoms with Crippen LogP contribution < -0.4 is 0 Å². The van der Waals surface area contributed by atoms with Gasteiger partial charge in [-0.2, -0.15) is 28.2 Å². The third-order valence-corrected chi connectivity index (χ3v) is 3.72. The second-order valence-corrected chi connectivity index (χ2v) is 5.93. The average molecular weight is 305 g/mol. The quantitative estimate of drug-likeness (QED) is 0.812. The molecule has 0 N–H and O–H groups in total. The number of halogens is 3. The van der Waals surface area contributed by atoms with Crippen LogP contribution in [-0.4, -0.2) is 15.0 Å². The molecule has 2 rings (SSSR count). The Hall–Kier alpha value is -0.990. The van der Waals surface area contributed by atoms with E-state index in [0.29, 0.717) is 14.0 Å². The predicted molar refractivity (Wildman–Crippen MR) is 72.8 cm³/mol. The van der Waals surface area contributed by atoms with Gasteiger partial charge < -0.3 is 0 Å². The van der Waals surface area contributed by atoms with Crippen molar-refractivity contribution in [3.8, 4) is 5.69 Å². The fraction of sp³-hybridized carbons (Fsp3) is 0.273. The Morgan fingerprint density at radius 3 is 2.37 bits per heavy atom. The molecule has 0 bridgehead atoms. The van der Waals surface area contributed by atoms with Crippen LogP contribution in [0.25, 0.3) is 5.69 Å². The van der Waals surface area contributed by atoms with E-state index in [4.69, 9.17) is 0 Å². The molecular formula is C11H12F3N3P2. The van der Waals surface area contributed by atoms with Crippen LogP contribution in [0.15, 0.2) is 24.3 Å². The van der Waals surface area contributed by atoms with E-state index in [1.807, 2.05) is 6.92 Å². The van der Waals surface area contributed by atoms with Gasteiger partial charge in [0.1, 0.15) is 0 Å². The van der Waals surface area contributed by atoms with E-state index < -0.39 is 11.7 Å². The lowest BCUT2D eigenvalue weighted by Gasteiger charge is -2.06. The fourth-order valence-corrected chi connectivity index (χ4v) is 2.67. The molecule has 8 heteroatoms. The molecule has 0 amide bonds. The molecule has 1 heterocycles. The Bertz CT molecular complexity index is 564. The van der Waals surface area contributed by atoms with E-state index in [0.717, 1.165) is 29.7 Å². The third-order valence-electron chi connectivity index (χ3n) is 2.57. The van der Waals surface area contributed by atoms with E-state index in [2.05, 4.69) is 19.1 Å². The molecule has 0 saturated carbocycles. The van der Waals surface area contributed by atoms with Crippen molar-refractivity contribution in [2.24, 2.45) is 0 Å². The minimum atomic E-state index is -4.32. The van der Waals surface area contributed by atoms with Gasteiger partial charge in [-0.15, -0.1) is 8.93 Å². The molecule has 0 saturated heterocycles. The topological polar surface area (TPSA) is 30.7 Å². The molecular weight excluding hydrogens is 293 g/mol. The average Bonchev–Trinajstić information content (AvgIpc) is 2.71. The second kappa shape index (κ2) is 5.56. The van der Waals surface area contributed by atoms with Crippen LogP contribution in [0.4, 0.5) is 13.2 Å². The molecule has 2 unspecified atom stereocenters. The van der Waals surface area contributed by atoms with E-state index >= 15 is 0 Å². The molecule has 0 aliphatic carbocycles. The van der Waals surface area contributed by atoms with Gasteiger partial charge in [0.2, 0.25) is 0 Å². The van der Waals surface area contributed by atoms with Crippen molar-refractivity contribution in [2.75, 3.05) is 0 Å².